The van der Waals surface area contributed by atoms with Crippen LogP contribution in [0.15, 0.2) is 121 Å². The highest BCUT2D eigenvalue weighted by Crippen LogP contribution is 2.41. The third-order valence-electron chi connectivity index (χ3n) is 6.89. The quantitative estimate of drug-likeness (QED) is 0.249. The van der Waals surface area contributed by atoms with Gasteiger partial charge in [-0.05, 0) is 22.3 Å². The maximum atomic E-state index is 13.3. The summed E-state index contributed by atoms with van der Waals surface area (Å²) in [7, 11) is 1.57. The smallest absolute Gasteiger partial charge is 0.184 e. The molecule has 0 aromatic heterocycles. The van der Waals surface area contributed by atoms with Gasteiger partial charge in [-0.3, -0.25) is 4.79 Å². The van der Waals surface area contributed by atoms with Gasteiger partial charge in [0, 0.05) is 13.5 Å². The molecule has 1 heterocycles. The van der Waals surface area contributed by atoms with Crippen LogP contribution in [0, 0.1) is 0 Å². The summed E-state index contributed by atoms with van der Waals surface area (Å²) >= 11 is 0. The fourth-order valence-electron chi connectivity index (χ4n) is 4.98. The molecule has 4 aromatic rings. The number of ether oxygens (including phenoxy) is 4. The van der Waals surface area contributed by atoms with Crippen molar-refractivity contribution in [1.82, 2.24) is 0 Å². The molecule has 0 radical (unpaired) electrons. The van der Waals surface area contributed by atoms with E-state index in [0.29, 0.717) is 6.61 Å². The molecule has 0 aliphatic carbocycles. The molecule has 5 nitrogen and oxygen atoms in total. The molecule has 5 rings (SSSR count). The Balaban J connectivity index is 1.40. The largest absolute Gasteiger partial charge is 0.368 e. The zero-order chi connectivity index (χ0) is 26.2. The maximum Gasteiger partial charge on any atom is 0.184 e. The van der Waals surface area contributed by atoms with E-state index in [9.17, 15) is 4.79 Å². The first-order valence-corrected chi connectivity index (χ1v) is 12.9. The van der Waals surface area contributed by atoms with Crippen LogP contribution in [-0.2, 0) is 35.9 Å². The van der Waals surface area contributed by atoms with E-state index in [1.807, 2.05) is 84.9 Å². The molecular weight excluding hydrogens is 476 g/mol. The van der Waals surface area contributed by atoms with E-state index < -0.39 is 24.1 Å². The molecule has 38 heavy (non-hydrogen) atoms. The molecule has 1 saturated heterocycles. The Labute approximate surface area is 223 Å². The number of hydrogen-bond acceptors (Lipinski definition) is 5. The first kappa shape index (κ1) is 26.0. The lowest BCUT2D eigenvalue weighted by Crippen LogP contribution is -2.49. The number of Topliss-reactive ketones (excluding diaryl/α,β-unsaturated/α-hetero) is 1. The number of methoxy groups -OCH3 is 1. The Morgan fingerprint density at radius 3 is 1.68 bits per heavy atom. The van der Waals surface area contributed by atoms with Crippen molar-refractivity contribution in [1.29, 1.82) is 0 Å². The highest BCUT2D eigenvalue weighted by atomic mass is 16.7. The minimum atomic E-state index is -0.934. The second-order valence-electron chi connectivity index (χ2n) is 9.32. The van der Waals surface area contributed by atoms with Crippen molar-refractivity contribution in [2.75, 3.05) is 13.7 Å². The normalized spacial score (nSPS) is 19.8. The van der Waals surface area contributed by atoms with Crippen molar-refractivity contribution >= 4 is 5.78 Å². The van der Waals surface area contributed by atoms with E-state index in [1.165, 1.54) is 0 Å². The number of carbonyl (C=O) groups is 1. The maximum absolute atomic E-state index is 13.3. The van der Waals surface area contributed by atoms with Gasteiger partial charge in [0.15, 0.2) is 12.1 Å². The summed E-state index contributed by atoms with van der Waals surface area (Å²) in [6, 6.07) is 40.1. The average molecular weight is 509 g/mol. The van der Waals surface area contributed by atoms with Crippen molar-refractivity contribution in [3.05, 3.63) is 144 Å². The Kier molecular flexibility index (Phi) is 8.41. The SMILES string of the molecule is CO[C@H]1O[C@H](COC(c2ccccc2)(c2ccccc2)c2ccccc2)C(=O)C[C@H]1OCc1ccccc1. The molecular formula is C33H32O5. The van der Waals surface area contributed by atoms with Gasteiger partial charge in [0.1, 0.15) is 17.8 Å². The van der Waals surface area contributed by atoms with Gasteiger partial charge in [-0.2, -0.15) is 0 Å². The van der Waals surface area contributed by atoms with Crippen LogP contribution < -0.4 is 0 Å². The van der Waals surface area contributed by atoms with Crippen molar-refractivity contribution < 1.29 is 23.7 Å². The lowest BCUT2D eigenvalue weighted by atomic mass is 9.80. The summed E-state index contributed by atoms with van der Waals surface area (Å²) in [6.07, 6.45) is -1.77. The predicted molar refractivity (Wildman–Crippen MR) is 145 cm³/mol. The van der Waals surface area contributed by atoms with Gasteiger partial charge in [-0.1, -0.05) is 121 Å². The van der Waals surface area contributed by atoms with Gasteiger partial charge in [-0.15, -0.1) is 0 Å². The van der Waals surface area contributed by atoms with Gasteiger partial charge in [-0.25, -0.2) is 0 Å². The lowest BCUT2D eigenvalue weighted by molar-refractivity contribution is -0.244. The third kappa shape index (κ3) is 5.62. The van der Waals surface area contributed by atoms with Crippen molar-refractivity contribution in [3.8, 4) is 0 Å². The summed E-state index contributed by atoms with van der Waals surface area (Å²) in [5.74, 6) is -0.0700. The Hall–Kier alpha value is -3.61. The summed E-state index contributed by atoms with van der Waals surface area (Å²) in [4.78, 5) is 13.3. The number of benzene rings is 4. The number of carbonyl (C=O) groups excluding carboxylic acids is 1. The van der Waals surface area contributed by atoms with Gasteiger partial charge >= 0.3 is 0 Å². The van der Waals surface area contributed by atoms with E-state index >= 15 is 0 Å². The molecule has 1 fully saturated rings. The third-order valence-corrected chi connectivity index (χ3v) is 6.89. The fraction of sp³-hybridized carbons (Fsp3) is 0.242. The second-order valence-corrected chi connectivity index (χ2v) is 9.32. The molecule has 3 atom stereocenters. The molecule has 0 spiro atoms. The van der Waals surface area contributed by atoms with E-state index in [1.54, 1.807) is 7.11 Å². The van der Waals surface area contributed by atoms with Crippen molar-refractivity contribution in [2.45, 2.75) is 37.1 Å². The minimum absolute atomic E-state index is 0.0583. The zero-order valence-electron chi connectivity index (χ0n) is 21.4. The van der Waals surface area contributed by atoms with E-state index in [2.05, 4.69) is 36.4 Å². The first-order valence-electron chi connectivity index (χ1n) is 12.9. The van der Waals surface area contributed by atoms with Crippen LogP contribution in [0.3, 0.4) is 0 Å². The predicted octanol–water partition coefficient (Wildman–Crippen LogP) is 5.91. The van der Waals surface area contributed by atoms with E-state index in [0.717, 1.165) is 22.3 Å². The number of hydrogen-bond donors (Lipinski definition) is 0. The molecule has 0 unspecified atom stereocenters. The molecule has 0 N–H and O–H groups in total. The van der Waals surface area contributed by atoms with Crippen LogP contribution in [0.2, 0.25) is 0 Å². The number of ketones is 1. The molecule has 0 saturated carbocycles. The van der Waals surface area contributed by atoms with Crippen LogP contribution in [0.4, 0.5) is 0 Å². The van der Waals surface area contributed by atoms with E-state index in [-0.39, 0.29) is 18.8 Å². The molecule has 0 bridgehead atoms. The van der Waals surface area contributed by atoms with Crippen LogP contribution in [0.5, 0.6) is 0 Å². The monoisotopic (exact) mass is 508 g/mol. The van der Waals surface area contributed by atoms with Gasteiger partial charge in [0.05, 0.1) is 13.2 Å². The second kappa shape index (κ2) is 12.3. The lowest BCUT2D eigenvalue weighted by Gasteiger charge is -2.39. The molecule has 0 amide bonds. The van der Waals surface area contributed by atoms with Gasteiger partial charge in [0.2, 0.25) is 0 Å². The van der Waals surface area contributed by atoms with Crippen molar-refractivity contribution in [2.24, 2.45) is 0 Å². The highest BCUT2D eigenvalue weighted by Gasteiger charge is 2.42. The molecule has 5 heteroatoms. The highest BCUT2D eigenvalue weighted by molar-refractivity contribution is 5.84. The van der Waals surface area contributed by atoms with E-state index in [4.69, 9.17) is 18.9 Å². The topological polar surface area (TPSA) is 54.0 Å². The molecule has 1 aliphatic heterocycles. The van der Waals surface area contributed by atoms with Crippen LogP contribution >= 0.6 is 0 Å². The zero-order valence-corrected chi connectivity index (χ0v) is 21.4. The average Bonchev–Trinajstić information content (AvgIpc) is 2.99. The Bertz CT molecular complexity index is 1180. The Morgan fingerprint density at radius 1 is 0.737 bits per heavy atom. The van der Waals surface area contributed by atoms with Crippen LogP contribution in [0.25, 0.3) is 0 Å². The van der Waals surface area contributed by atoms with Gasteiger partial charge < -0.3 is 18.9 Å². The number of rotatable bonds is 10. The molecule has 4 aromatic carbocycles. The summed E-state index contributed by atoms with van der Waals surface area (Å²) in [5, 5.41) is 0. The molecule has 1 aliphatic rings. The summed E-state index contributed by atoms with van der Waals surface area (Å²) < 4.78 is 24.6. The Morgan fingerprint density at radius 2 is 1.21 bits per heavy atom. The fourth-order valence-corrected chi connectivity index (χ4v) is 4.98. The minimum Gasteiger partial charge on any atom is -0.368 e. The standard InChI is InChI=1S/C33H32O5/c1-35-32-30(36-23-25-14-6-2-7-15-25)22-29(34)31(38-32)24-37-33(26-16-8-3-9-17-26,27-18-10-4-11-19-27)28-20-12-5-13-21-28/h2-21,30-32H,22-24H2,1H3/t30-,31-,32+/m1/s1. The molecule has 194 valence electrons. The summed E-state index contributed by atoms with van der Waals surface area (Å²) in [5.41, 5.74) is 2.99. The van der Waals surface area contributed by atoms with Gasteiger partial charge in [0.25, 0.3) is 0 Å². The van der Waals surface area contributed by atoms with Crippen LogP contribution in [0.1, 0.15) is 28.7 Å². The summed E-state index contributed by atoms with van der Waals surface area (Å²) in [6.45, 7) is 0.436. The van der Waals surface area contributed by atoms with Crippen molar-refractivity contribution in [3.63, 3.8) is 0 Å². The first-order chi connectivity index (χ1) is 18.7. The van der Waals surface area contributed by atoms with Crippen LogP contribution in [-0.4, -0.2) is 38.0 Å².